The number of ether oxygens (including phenoxy) is 2. The fraction of sp³-hybridized carbons (Fsp3) is 0.368. The van der Waals surface area contributed by atoms with Crippen LogP contribution in [0.2, 0.25) is 0 Å². The highest BCUT2D eigenvalue weighted by Gasteiger charge is 2.14. The Labute approximate surface area is 152 Å². The number of carbonyl (C=O) groups is 1. The summed E-state index contributed by atoms with van der Waals surface area (Å²) >= 11 is 0. The number of hydrogen-bond acceptors (Lipinski definition) is 5. The van der Waals surface area contributed by atoms with E-state index in [1.165, 1.54) is 12.8 Å². The monoisotopic (exact) mass is 354 g/mol. The van der Waals surface area contributed by atoms with Gasteiger partial charge in [-0.2, -0.15) is 0 Å². The summed E-state index contributed by atoms with van der Waals surface area (Å²) in [6, 6.07) is 9.06. The minimum atomic E-state index is -0.263. The highest BCUT2D eigenvalue weighted by Crippen LogP contribution is 2.32. The first-order valence-electron chi connectivity index (χ1n) is 8.92. The molecule has 2 aliphatic heterocycles. The number of benzene rings is 1. The second-order valence-corrected chi connectivity index (χ2v) is 6.38. The number of carbonyl (C=O) groups excluding carboxylic acids is 1. The van der Waals surface area contributed by atoms with E-state index in [0.29, 0.717) is 36.9 Å². The first kappa shape index (κ1) is 16.5. The Hall–Kier alpha value is -2.96. The highest BCUT2D eigenvalue weighted by atomic mass is 16.6. The molecule has 0 radical (unpaired) electrons. The van der Waals surface area contributed by atoms with Gasteiger partial charge >= 0.3 is 6.03 Å². The summed E-state index contributed by atoms with van der Waals surface area (Å²) in [7, 11) is 0. The fourth-order valence-corrected chi connectivity index (χ4v) is 3.17. The predicted molar refractivity (Wildman–Crippen MR) is 99.0 cm³/mol. The summed E-state index contributed by atoms with van der Waals surface area (Å²) in [5, 5.41) is 5.70. The molecule has 0 bridgehead atoms. The maximum atomic E-state index is 12.2. The van der Waals surface area contributed by atoms with E-state index in [2.05, 4.69) is 20.5 Å². The number of amides is 2. The average molecular weight is 354 g/mol. The smallest absolute Gasteiger partial charge is 0.319 e. The topological polar surface area (TPSA) is 75.7 Å². The Kier molecular flexibility index (Phi) is 4.77. The number of aromatic nitrogens is 1. The van der Waals surface area contributed by atoms with Crippen molar-refractivity contribution < 1.29 is 14.3 Å². The van der Waals surface area contributed by atoms with Gasteiger partial charge in [0.25, 0.3) is 0 Å². The van der Waals surface area contributed by atoms with Crippen molar-refractivity contribution >= 4 is 17.5 Å². The van der Waals surface area contributed by atoms with Gasteiger partial charge in [0.05, 0.1) is 0 Å². The van der Waals surface area contributed by atoms with Gasteiger partial charge < -0.3 is 25.0 Å². The summed E-state index contributed by atoms with van der Waals surface area (Å²) in [6.45, 7) is 3.61. The molecule has 2 aliphatic rings. The third-order valence-corrected chi connectivity index (χ3v) is 4.49. The Morgan fingerprint density at radius 1 is 1.08 bits per heavy atom. The summed E-state index contributed by atoms with van der Waals surface area (Å²) in [5.74, 6) is 2.33. The van der Waals surface area contributed by atoms with E-state index >= 15 is 0 Å². The van der Waals surface area contributed by atoms with Gasteiger partial charge in [-0.1, -0.05) is 0 Å². The lowest BCUT2D eigenvalue weighted by atomic mass is 10.2. The highest BCUT2D eigenvalue weighted by molar-refractivity contribution is 5.89. The molecule has 136 valence electrons. The quantitative estimate of drug-likeness (QED) is 0.883. The number of fused-ring (bicyclic) bond motifs is 1. The zero-order valence-corrected chi connectivity index (χ0v) is 14.5. The number of urea groups is 1. The van der Waals surface area contributed by atoms with Crippen LogP contribution in [0.1, 0.15) is 18.4 Å². The van der Waals surface area contributed by atoms with Crippen LogP contribution >= 0.6 is 0 Å². The van der Waals surface area contributed by atoms with Gasteiger partial charge in [0.15, 0.2) is 11.5 Å². The number of nitrogens with zero attached hydrogens (tertiary/aromatic N) is 2. The van der Waals surface area contributed by atoms with Crippen molar-refractivity contribution in [3.05, 3.63) is 42.1 Å². The lowest BCUT2D eigenvalue weighted by molar-refractivity contribution is 0.171. The van der Waals surface area contributed by atoms with Gasteiger partial charge in [0.2, 0.25) is 0 Å². The molecule has 7 heteroatoms. The van der Waals surface area contributed by atoms with Crippen LogP contribution in [0.25, 0.3) is 0 Å². The normalized spacial score (nSPS) is 15.6. The molecule has 2 N–H and O–H groups in total. The van der Waals surface area contributed by atoms with Gasteiger partial charge in [-0.3, -0.25) is 0 Å². The molecule has 3 heterocycles. The number of rotatable bonds is 4. The number of anilines is 2. The largest absolute Gasteiger partial charge is 0.486 e. The summed E-state index contributed by atoms with van der Waals surface area (Å²) in [4.78, 5) is 18.9. The molecule has 0 atom stereocenters. The molecule has 0 saturated carbocycles. The summed E-state index contributed by atoms with van der Waals surface area (Å²) < 4.78 is 11.0. The van der Waals surface area contributed by atoms with Crippen molar-refractivity contribution in [2.75, 3.05) is 36.5 Å². The summed E-state index contributed by atoms with van der Waals surface area (Å²) in [5.41, 5.74) is 1.69. The van der Waals surface area contributed by atoms with Crippen LogP contribution in [0.4, 0.5) is 16.3 Å². The molecular weight excluding hydrogens is 332 g/mol. The van der Waals surface area contributed by atoms with Gasteiger partial charge in [-0.05, 0) is 42.7 Å². The number of hydrogen-bond donors (Lipinski definition) is 2. The molecule has 1 saturated heterocycles. The number of nitrogens with one attached hydrogen (secondary N) is 2. The third kappa shape index (κ3) is 3.82. The van der Waals surface area contributed by atoms with Crippen LogP contribution in [0.3, 0.4) is 0 Å². The first-order valence-corrected chi connectivity index (χ1v) is 8.92. The molecule has 2 amide bonds. The second-order valence-electron chi connectivity index (χ2n) is 6.38. The first-order chi connectivity index (χ1) is 12.8. The lowest BCUT2D eigenvalue weighted by Gasteiger charge is -2.19. The van der Waals surface area contributed by atoms with Crippen LogP contribution < -0.4 is 25.0 Å². The fourth-order valence-electron chi connectivity index (χ4n) is 3.17. The minimum Gasteiger partial charge on any atom is -0.486 e. The molecule has 1 aromatic heterocycles. The third-order valence-electron chi connectivity index (χ3n) is 4.49. The molecule has 0 aliphatic carbocycles. The molecule has 0 unspecified atom stereocenters. The van der Waals surface area contributed by atoms with E-state index in [9.17, 15) is 4.79 Å². The van der Waals surface area contributed by atoms with Crippen LogP contribution in [-0.4, -0.2) is 37.3 Å². The van der Waals surface area contributed by atoms with E-state index in [4.69, 9.17) is 9.47 Å². The van der Waals surface area contributed by atoms with Crippen molar-refractivity contribution in [3.63, 3.8) is 0 Å². The summed E-state index contributed by atoms with van der Waals surface area (Å²) in [6.07, 6.45) is 4.22. The average Bonchev–Trinajstić information content (AvgIpc) is 3.21. The molecule has 1 fully saturated rings. The SMILES string of the molecule is O=C(NCc1ccnc(N2CCCC2)c1)Nc1ccc2c(c1)OCCO2. The van der Waals surface area contributed by atoms with Gasteiger partial charge in [0.1, 0.15) is 19.0 Å². The van der Waals surface area contributed by atoms with E-state index in [-0.39, 0.29) is 6.03 Å². The van der Waals surface area contributed by atoms with E-state index in [1.54, 1.807) is 24.4 Å². The molecule has 4 rings (SSSR count). The Morgan fingerprint density at radius 3 is 2.73 bits per heavy atom. The molecule has 2 aromatic rings. The van der Waals surface area contributed by atoms with Crippen molar-refractivity contribution in [1.29, 1.82) is 0 Å². The Morgan fingerprint density at radius 2 is 1.88 bits per heavy atom. The minimum absolute atomic E-state index is 0.263. The van der Waals surface area contributed by atoms with E-state index < -0.39 is 0 Å². The van der Waals surface area contributed by atoms with Crippen LogP contribution in [0.5, 0.6) is 11.5 Å². The maximum absolute atomic E-state index is 12.2. The van der Waals surface area contributed by atoms with Gasteiger partial charge in [0, 0.05) is 37.6 Å². The molecule has 26 heavy (non-hydrogen) atoms. The zero-order valence-electron chi connectivity index (χ0n) is 14.5. The lowest BCUT2D eigenvalue weighted by Crippen LogP contribution is -2.28. The van der Waals surface area contributed by atoms with E-state index in [0.717, 1.165) is 24.5 Å². The van der Waals surface area contributed by atoms with Crippen molar-refractivity contribution in [2.24, 2.45) is 0 Å². The Balaban J connectivity index is 1.33. The predicted octanol–water partition coefficient (Wildman–Crippen LogP) is 2.77. The number of pyridine rings is 1. The van der Waals surface area contributed by atoms with Crippen LogP contribution in [0, 0.1) is 0 Å². The molecule has 1 aromatic carbocycles. The van der Waals surface area contributed by atoms with Crippen molar-refractivity contribution in [2.45, 2.75) is 19.4 Å². The standard InChI is InChI=1S/C19H22N4O3/c24-19(22-15-3-4-16-17(12-15)26-10-9-25-16)21-13-14-5-6-20-18(11-14)23-7-1-2-8-23/h3-6,11-12H,1-2,7-10,13H2,(H2,21,22,24). The van der Waals surface area contributed by atoms with Crippen LogP contribution in [0.15, 0.2) is 36.5 Å². The zero-order chi connectivity index (χ0) is 17.8. The Bertz CT molecular complexity index is 790. The van der Waals surface area contributed by atoms with Crippen molar-refractivity contribution in [1.82, 2.24) is 10.3 Å². The second kappa shape index (κ2) is 7.51. The van der Waals surface area contributed by atoms with Gasteiger partial charge in [-0.25, -0.2) is 9.78 Å². The van der Waals surface area contributed by atoms with Crippen LogP contribution in [-0.2, 0) is 6.54 Å². The van der Waals surface area contributed by atoms with Gasteiger partial charge in [-0.15, -0.1) is 0 Å². The molecule has 7 nitrogen and oxygen atoms in total. The van der Waals surface area contributed by atoms with E-state index in [1.807, 2.05) is 12.1 Å². The molecule has 0 spiro atoms. The maximum Gasteiger partial charge on any atom is 0.319 e. The molecular formula is C19H22N4O3. The van der Waals surface area contributed by atoms with Crippen molar-refractivity contribution in [3.8, 4) is 11.5 Å².